The van der Waals surface area contributed by atoms with Gasteiger partial charge in [0.15, 0.2) is 0 Å². The number of phenols is 1. The topological polar surface area (TPSA) is 122 Å². The Morgan fingerprint density at radius 1 is 1.25 bits per heavy atom. The van der Waals surface area contributed by atoms with Gasteiger partial charge in [-0.2, -0.15) is 0 Å². The van der Waals surface area contributed by atoms with E-state index in [1.165, 1.54) is 12.1 Å². The van der Waals surface area contributed by atoms with E-state index in [0.29, 0.717) is 0 Å². The molecule has 2 aromatic carbocycles. The number of nitrogens with one attached hydrogen (secondary N) is 1. The van der Waals surface area contributed by atoms with Gasteiger partial charge in [-0.3, -0.25) is 10.1 Å². The van der Waals surface area contributed by atoms with Crippen LogP contribution in [0, 0.1) is 10.1 Å². The van der Waals surface area contributed by atoms with Crippen LogP contribution in [0.25, 0.3) is 0 Å². The Bertz CT molecular complexity index is 720. The number of aromatic hydroxyl groups is 1. The second-order valence-electron chi connectivity index (χ2n) is 4.93. The molecule has 0 fully saturated rings. The van der Waals surface area contributed by atoms with Crippen molar-refractivity contribution in [3.05, 3.63) is 64.2 Å². The summed E-state index contributed by atoms with van der Waals surface area (Å²) >= 11 is 0. The van der Waals surface area contributed by atoms with Gasteiger partial charge in [0, 0.05) is 6.07 Å². The van der Waals surface area contributed by atoms with E-state index < -0.39 is 29.3 Å². The molecule has 0 aromatic heterocycles. The van der Waals surface area contributed by atoms with Gasteiger partial charge in [0.05, 0.1) is 23.3 Å². The third-order valence-electron chi connectivity index (χ3n) is 3.21. The zero-order chi connectivity index (χ0) is 17.5. The molecule has 0 radical (unpaired) electrons. The molecule has 1 atom stereocenters. The fraction of sp³-hybridized carbons (Fsp3) is 0.188. The molecule has 24 heavy (non-hydrogen) atoms. The molecule has 3 N–H and O–H groups in total. The van der Waals surface area contributed by atoms with E-state index in [2.05, 4.69) is 5.32 Å². The van der Waals surface area contributed by atoms with Crippen molar-refractivity contribution in [1.29, 1.82) is 0 Å². The zero-order valence-corrected chi connectivity index (χ0v) is 12.6. The third-order valence-corrected chi connectivity index (χ3v) is 3.21. The molecule has 0 bridgehead atoms. The number of carbonyl (C=O) groups is 1. The monoisotopic (exact) mass is 332 g/mol. The first-order chi connectivity index (χ1) is 11.5. The van der Waals surface area contributed by atoms with Gasteiger partial charge < -0.3 is 20.3 Å². The number of anilines is 1. The number of ether oxygens (including phenoxy) is 1. The fourth-order valence-corrected chi connectivity index (χ4v) is 1.95. The van der Waals surface area contributed by atoms with Crippen LogP contribution in [0.3, 0.4) is 0 Å². The molecule has 8 nitrogen and oxygen atoms in total. The quantitative estimate of drug-likeness (QED) is 0.306. The summed E-state index contributed by atoms with van der Waals surface area (Å²) in [5, 5.41) is 32.3. The molecule has 0 spiro atoms. The maximum Gasteiger partial charge on any atom is 0.331 e. The highest BCUT2D eigenvalue weighted by atomic mass is 16.6. The molecule has 8 heteroatoms. The molecule has 0 heterocycles. The number of hydrogen-bond acceptors (Lipinski definition) is 7. The molecular weight excluding hydrogens is 316 g/mol. The summed E-state index contributed by atoms with van der Waals surface area (Å²) in [7, 11) is 0. The highest BCUT2D eigenvalue weighted by Gasteiger charge is 2.21. The predicted octanol–water partition coefficient (Wildman–Crippen LogP) is 1.82. The fourth-order valence-electron chi connectivity index (χ4n) is 1.95. The van der Waals surface area contributed by atoms with Crippen LogP contribution in [0.5, 0.6) is 5.75 Å². The Labute approximate surface area is 137 Å². The number of carbonyl (C=O) groups excluding carboxylic acids is 1. The normalized spacial score (nSPS) is 11.5. The molecule has 0 saturated carbocycles. The summed E-state index contributed by atoms with van der Waals surface area (Å²) in [6.07, 6.45) is 0. The average Bonchev–Trinajstić information content (AvgIpc) is 2.59. The van der Waals surface area contributed by atoms with Crippen molar-refractivity contribution in [1.82, 2.24) is 0 Å². The highest BCUT2D eigenvalue weighted by molar-refractivity contribution is 5.80. The van der Waals surface area contributed by atoms with E-state index in [1.807, 2.05) is 6.07 Å². The number of esters is 1. The molecular formula is C16H16N2O6. The molecule has 0 aliphatic rings. The predicted molar refractivity (Wildman–Crippen MR) is 85.5 cm³/mol. The average molecular weight is 332 g/mol. The number of aliphatic hydroxyl groups excluding tert-OH is 1. The molecule has 0 amide bonds. The maximum atomic E-state index is 12.0. The number of nitrogens with zero attached hydrogens (tertiary/aromatic N) is 1. The van der Waals surface area contributed by atoms with Gasteiger partial charge in [-0.25, -0.2) is 4.79 Å². The van der Waals surface area contributed by atoms with E-state index in [4.69, 9.17) is 4.74 Å². The number of rotatable bonds is 7. The largest absolute Gasteiger partial charge is 0.506 e. The smallest absolute Gasteiger partial charge is 0.331 e. The second-order valence-corrected chi connectivity index (χ2v) is 4.93. The number of hydrogen-bond donors (Lipinski definition) is 3. The maximum absolute atomic E-state index is 12.0. The minimum atomic E-state index is -1.11. The highest BCUT2D eigenvalue weighted by Crippen LogP contribution is 2.28. The molecule has 126 valence electrons. The lowest BCUT2D eigenvalue weighted by molar-refractivity contribution is -0.384. The minimum Gasteiger partial charge on any atom is -0.506 e. The first kappa shape index (κ1) is 17.2. The van der Waals surface area contributed by atoms with Crippen molar-refractivity contribution in [3.63, 3.8) is 0 Å². The summed E-state index contributed by atoms with van der Waals surface area (Å²) in [5.41, 5.74) is 0.585. The van der Waals surface area contributed by atoms with Crippen molar-refractivity contribution < 1.29 is 24.7 Å². The molecule has 2 aromatic rings. The van der Waals surface area contributed by atoms with Crippen molar-refractivity contribution >= 4 is 17.3 Å². The lowest BCUT2D eigenvalue weighted by Crippen LogP contribution is -2.34. The van der Waals surface area contributed by atoms with E-state index in [0.717, 1.165) is 11.6 Å². The van der Waals surface area contributed by atoms with Gasteiger partial charge in [0.1, 0.15) is 18.4 Å². The van der Waals surface area contributed by atoms with Crippen LogP contribution < -0.4 is 5.32 Å². The summed E-state index contributed by atoms with van der Waals surface area (Å²) in [5.74, 6) is -1.11. The number of phenolic OH excluding ortho intramolecular Hbond substituents is 1. The molecule has 0 aliphatic carbocycles. The van der Waals surface area contributed by atoms with Gasteiger partial charge in [-0.15, -0.1) is 0 Å². The summed E-state index contributed by atoms with van der Waals surface area (Å²) in [6.45, 7) is -0.520. The molecule has 2 rings (SSSR count). The first-order valence-corrected chi connectivity index (χ1v) is 7.06. The molecule has 0 aliphatic heterocycles. The molecule has 1 unspecified atom stereocenters. The summed E-state index contributed by atoms with van der Waals surface area (Å²) in [4.78, 5) is 22.0. The molecule has 0 saturated heterocycles. The van der Waals surface area contributed by atoms with Crippen LogP contribution in [0.2, 0.25) is 0 Å². The van der Waals surface area contributed by atoms with E-state index in [-0.39, 0.29) is 18.0 Å². The van der Waals surface area contributed by atoms with Crippen molar-refractivity contribution in [2.75, 3.05) is 11.9 Å². The van der Waals surface area contributed by atoms with Crippen LogP contribution in [0.4, 0.5) is 11.4 Å². The number of nitro benzene ring substituents is 1. The van der Waals surface area contributed by atoms with Gasteiger partial charge in [-0.1, -0.05) is 30.3 Å². The van der Waals surface area contributed by atoms with Crippen LogP contribution in [-0.4, -0.2) is 33.8 Å². The Kier molecular flexibility index (Phi) is 5.69. The minimum absolute atomic E-state index is 0.0457. The number of aliphatic hydroxyl groups is 1. The van der Waals surface area contributed by atoms with Crippen LogP contribution >= 0.6 is 0 Å². The Hall–Kier alpha value is -3.13. The van der Waals surface area contributed by atoms with Crippen molar-refractivity contribution in [2.24, 2.45) is 0 Å². The Morgan fingerprint density at radius 3 is 2.54 bits per heavy atom. The Balaban J connectivity index is 2.00. The van der Waals surface area contributed by atoms with E-state index in [9.17, 15) is 25.1 Å². The number of benzene rings is 2. The van der Waals surface area contributed by atoms with Crippen LogP contribution in [0.1, 0.15) is 5.56 Å². The van der Waals surface area contributed by atoms with Gasteiger partial charge in [0.25, 0.3) is 5.69 Å². The summed E-state index contributed by atoms with van der Waals surface area (Å²) < 4.78 is 5.10. The number of non-ortho nitro benzene ring substituents is 1. The van der Waals surface area contributed by atoms with Gasteiger partial charge in [-0.05, 0) is 11.6 Å². The van der Waals surface area contributed by atoms with Gasteiger partial charge >= 0.3 is 5.97 Å². The van der Waals surface area contributed by atoms with Crippen molar-refractivity contribution in [3.8, 4) is 5.75 Å². The third kappa shape index (κ3) is 4.43. The zero-order valence-electron chi connectivity index (χ0n) is 12.6. The van der Waals surface area contributed by atoms with Crippen molar-refractivity contribution in [2.45, 2.75) is 12.6 Å². The lowest BCUT2D eigenvalue weighted by Gasteiger charge is -2.17. The van der Waals surface area contributed by atoms with E-state index in [1.54, 1.807) is 24.3 Å². The lowest BCUT2D eigenvalue weighted by atomic mass is 10.2. The van der Waals surface area contributed by atoms with Crippen LogP contribution in [0.15, 0.2) is 48.5 Å². The number of nitro groups is 1. The van der Waals surface area contributed by atoms with E-state index >= 15 is 0 Å². The SMILES string of the molecule is O=C(OCc1ccccc1)C(CO)Nc1ccc([N+](=O)[O-])cc1O. The Morgan fingerprint density at radius 2 is 1.96 bits per heavy atom. The van der Waals surface area contributed by atoms with Crippen LogP contribution in [-0.2, 0) is 16.1 Å². The summed E-state index contributed by atoms with van der Waals surface area (Å²) in [6, 6.07) is 11.3. The second kappa shape index (κ2) is 7.93. The first-order valence-electron chi connectivity index (χ1n) is 7.06. The van der Waals surface area contributed by atoms with Gasteiger partial charge in [0.2, 0.25) is 0 Å². The standard InChI is InChI=1S/C16H16N2O6/c19-9-14(16(21)24-10-11-4-2-1-3-5-11)17-13-7-6-12(18(22)23)8-15(13)20/h1-8,14,17,19-20H,9-10H2.